The molecule has 1 N–H and O–H groups in total. The zero-order chi connectivity index (χ0) is 19.6. The second kappa shape index (κ2) is 10.5. The summed E-state index contributed by atoms with van der Waals surface area (Å²) in [6.07, 6.45) is 2.43. The first-order chi connectivity index (χ1) is 13.0. The van der Waals surface area contributed by atoms with E-state index in [4.69, 9.17) is 21.1 Å². The third-order valence-electron chi connectivity index (χ3n) is 3.46. The van der Waals surface area contributed by atoms with Gasteiger partial charge in [-0.15, -0.1) is 0 Å². The van der Waals surface area contributed by atoms with Crippen LogP contribution in [0.5, 0.6) is 11.5 Å². The van der Waals surface area contributed by atoms with Crippen LogP contribution in [0.3, 0.4) is 0 Å². The van der Waals surface area contributed by atoms with Crippen molar-refractivity contribution in [2.75, 3.05) is 13.2 Å². The summed E-state index contributed by atoms with van der Waals surface area (Å²) >= 11 is 6.28. The third-order valence-corrected chi connectivity index (χ3v) is 3.74. The van der Waals surface area contributed by atoms with Gasteiger partial charge in [0.25, 0.3) is 0 Å². The molecule has 0 aliphatic rings. The van der Waals surface area contributed by atoms with Gasteiger partial charge in [-0.05, 0) is 48.7 Å². The van der Waals surface area contributed by atoms with Gasteiger partial charge in [-0.25, -0.2) is 9.82 Å². The van der Waals surface area contributed by atoms with Crippen LogP contribution in [0, 0.1) is 5.82 Å². The number of halogens is 2. The number of hydrogen-bond donors (Lipinski definition) is 1. The molecular formula is C20H22ClFN2O3. The molecule has 0 heterocycles. The number of carbonyl (C=O) groups is 1. The first kappa shape index (κ1) is 20.7. The molecule has 0 radical (unpaired) electrons. The predicted octanol–water partition coefficient (Wildman–Crippen LogP) is 4.36. The van der Waals surface area contributed by atoms with Crippen LogP contribution in [0.15, 0.2) is 41.5 Å². The van der Waals surface area contributed by atoms with Crippen molar-refractivity contribution in [3.63, 3.8) is 0 Å². The zero-order valence-corrected chi connectivity index (χ0v) is 16.1. The lowest BCUT2D eigenvalue weighted by atomic mass is 10.1. The summed E-state index contributed by atoms with van der Waals surface area (Å²) in [6.45, 7) is 4.87. The number of ether oxygens (including phenoxy) is 2. The Balaban J connectivity index is 2.02. The Morgan fingerprint density at radius 1 is 1.22 bits per heavy atom. The number of carbonyl (C=O) groups excluding carboxylic acids is 1. The Hall–Kier alpha value is -2.60. The van der Waals surface area contributed by atoms with Gasteiger partial charge in [0, 0.05) is 0 Å². The van der Waals surface area contributed by atoms with Gasteiger partial charge in [0.15, 0.2) is 11.5 Å². The fraction of sp³-hybridized carbons (Fsp3) is 0.300. The largest absolute Gasteiger partial charge is 0.490 e. The maximum Gasteiger partial charge on any atom is 0.244 e. The molecule has 2 rings (SSSR count). The molecule has 0 saturated heterocycles. The normalized spacial score (nSPS) is 10.8. The maximum absolute atomic E-state index is 12.9. The summed E-state index contributed by atoms with van der Waals surface area (Å²) in [7, 11) is 0. The molecule has 5 nitrogen and oxygen atoms in total. The average molecular weight is 393 g/mol. The van der Waals surface area contributed by atoms with E-state index in [1.165, 1.54) is 18.3 Å². The van der Waals surface area contributed by atoms with Crippen LogP contribution in [0.25, 0.3) is 0 Å². The molecule has 0 fully saturated rings. The number of rotatable bonds is 9. The molecular weight excluding hydrogens is 371 g/mol. The second-order valence-corrected chi connectivity index (χ2v) is 6.12. The lowest BCUT2D eigenvalue weighted by Crippen LogP contribution is -2.19. The molecule has 0 unspecified atom stereocenters. The van der Waals surface area contributed by atoms with Crippen molar-refractivity contribution in [2.45, 2.75) is 26.7 Å². The van der Waals surface area contributed by atoms with E-state index in [-0.39, 0.29) is 18.1 Å². The van der Waals surface area contributed by atoms with Crippen LogP contribution in [0.2, 0.25) is 5.02 Å². The van der Waals surface area contributed by atoms with Gasteiger partial charge >= 0.3 is 0 Å². The highest BCUT2D eigenvalue weighted by Crippen LogP contribution is 2.36. The van der Waals surface area contributed by atoms with Crippen LogP contribution in [0.4, 0.5) is 4.39 Å². The van der Waals surface area contributed by atoms with Crippen LogP contribution < -0.4 is 14.9 Å². The summed E-state index contributed by atoms with van der Waals surface area (Å²) in [5.41, 5.74) is 3.79. The molecule has 144 valence electrons. The fourth-order valence-electron chi connectivity index (χ4n) is 2.28. The highest BCUT2D eigenvalue weighted by Gasteiger charge is 2.12. The lowest BCUT2D eigenvalue weighted by molar-refractivity contribution is -0.120. The zero-order valence-electron chi connectivity index (χ0n) is 15.3. The SMILES string of the molecule is CCCOc1c(Cl)cc(/C=N/NC(=O)Cc2ccc(F)cc2)cc1OCC. The summed E-state index contributed by atoms with van der Waals surface area (Å²) in [5, 5.41) is 4.35. The number of hydrazone groups is 1. The fourth-order valence-corrected chi connectivity index (χ4v) is 2.55. The minimum absolute atomic E-state index is 0.104. The molecule has 7 heteroatoms. The van der Waals surface area contributed by atoms with Crippen LogP contribution in [-0.2, 0) is 11.2 Å². The predicted molar refractivity (Wildman–Crippen MR) is 104 cm³/mol. The molecule has 1 amide bonds. The summed E-state index contributed by atoms with van der Waals surface area (Å²) < 4.78 is 24.1. The molecule has 0 atom stereocenters. The number of nitrogens with one attached hydrogen (secondary N) is 1. The van der Waals surface area contributed by atoms with Gasteiger partial charge < -0.3 is 9.47 Å². The van der Waals surface area contributed by atoms with Gasteiger partial charge in [0.05, 0.1) is 30.9 Å². The Morgan fingerprint density at radius 3 is 2.63 bits per heavy atom. The average Bonchev–Trinajstić information content (AvgIpc) is 2.63. The Kier molecular flexibility index (Phi) is 8.07. The second-order valence-electron chi connectivity index (χ2n) is 5.71. The minimum atomic E-state index is -0.342. The van der Waals surface area contributed by atoms with E-state index >= 15 is 0 Å². The Labute approximate surface area is 163 Å². The summed E-state index contributed by atoms with van der Waals surface area (Å²) in [5.74, 6) is 0.373. The minimum Gasteiger partial charge on any atom is -0.490 e. The molecule has 2 aromatic carbocycles. The number of nitrogens with zero attached hydrogens (tertiary/aromatic N) is 1. The van der Waals surface area contributed by atoms with Crippen molar-refractivity contribution in [2.24, 2.45) is 5.10 Å². The molecule has 0 aliphatic heterocycles. The first-order valence-corrected chi connectivity index (χ1v) is 9.06. The third kappa shape index (κ3) is 6.57. The quantitative estimate of drug-likeness (QED) is 0.509. The van der Waals surface area contributed by atoms with Crippen molar-refractivity contribution in [3.05, 3.63) is 58.4 Å². The van der Waals surface area contributed by atoms with E-state index in [1.807, 2.05) is 13.8 Å². The molecule has 0 bridgehead atoms. The van der Waals surface area contributed by atoms with Crippen LogP contribution in [-0.4, -0.2) is 25.3 Å². The van der Waals surface area contributed by atoms with Crippen molar-refractivity contribution in [1.82, 2.24) is 5.43 Å². The van der Waals surface area contributed by atoms with Gasteiger partial charge in [-0.2, -0.15) is 5.10 Å². The topological polar surface area (TPSA) is 59.9 Å². The van der Waals surface area contributed by atoms with Gasteiger partial charge in [0.1, 0.15) is 5.82 Å². The van der Waals surface area contributed by atoms with E-state index < -0.39 is 0 Å². The maximum atomic E-state index is 12.9. The number of benzene rings is 2. The molecule has 0 spiro atoms. The van der Waals surface area contributed by atoms with E-state index in [0.29, 0.717) is 40.9 Å². The summed E-state index contributed by atoms with van der Waals surface area (Å²) in [6, 6.07) is 9.17. The number of hydrogen-bond acceptors (Lipinski definition) is 4. The van der Waals surface area contributed by atoms with E-state index in [2.05, 4.69) is 10.5 Å². The Morgan fingerprint density at radius 2 is 1.96 bits per heavy atom. The number of amides is 1. The van der Waals surface area contributed by atoms with Gasteiger partial charge in [-0.1, -0.05) is 30.7 Å². The standard InChI is InChI=1S/C20H22ClFN2O3/c1-3-9-27-20-17(21)10-15(11-18(20)26-4-2)13-23-24-19(25)12-14-5-7-16(22)8-6-14/h5-8,10-11,13H,3-4,9,12H2,1-2H3,(H,24,25)/b23-13+. The van der Waals surface area contributed by atoms with Crippen molar-refractivity contribution in [3.8, 4) is 11.5 Å². The van der Waals surface area contributed by atoms with Gasteiger partial charge in [0.2, 0.25) is 5.91 Å². The van der Waals surface area contributed by atoms with E-state index in [0.717, 1.165) is 6.42 Å². The molecule has 27 heavy (non-hydrogen) atoms. The van der Waals surface area contributed by atoms with Crippen LogP contribution >= 0.6 is 11.6 Å². The van der Waals surface area contributed by atoms with Crippen LogP contribution in [0.1, 0.15) is 31.4 Å². The molecule has 2 aromatic rings. The van der Waals surface area contributed by atoms with Crippen molar-refractivity contribution < 1.29 is 18.7 Å². The summed E-state index contributed by atoms with van der Waals surface area (Å²) in [4.78, 5) is 11.9. The monoisotopic (exact) mass is 392 g/mol. The first-order valence-electron chi connectivity index (χ1n) is 8.69. The smallest absolute Gasteiger partial charge is 0.244 e. The van der Waals surface area contributed by atoms with Crippen molar-refractivity contribution >= 4 is 23.7 Å². The molecule has 0 saturated carbocycles. The van der Waals surface area contributed by atoms with Gasteiger partial charge in [-0.3, -0.25) is 4.79 Å². The highest BCUT2D eigenvalue weighted by atomic mass is 35.5. The van der Waals surface area contributed by atoms with E-state index in [1.54, 1.807) is 24.3 Å². The highest BCUT2D eigenvalue weighted by molar-refractivity contribution is 6.32. The van der Waals surface area contributed by atoms with E-state index in [9.17, 15) is 9.18 Å². The lowest BCUT2D eigenvalue weighted by Gasteiger charge is -2.13. The molecule has 0 aliphatic carbocycles. The molecule has 0 aromatic heterocycles. The Bertz CT molecular complexity index is 795. The van der Waals surface area contributed by atoms with Crippen molar-refractivity contribution in [1.29, 1.82) is 0 Å².